The monoisotopic (exact) mass is 424 g/mol. The second-order valence-electron chi connectivity index (χ2n) is 7.69. The molecule has 2 fully saturated rings. The number of hydrogen-bond donors (Lipinski definition) is 1. The van der Waals surface area contributed by atoms with E-state index in [2.05, 4.69) is 16.3 Å². The van der Waals surface area contributed by atoms with Crippen molar-refractivity contribution in [3.05, 3.63) is 59.7 Å². The summed E-state index contributed by atoms with van der Waals surface area (Å²) >= 11 is 0. The molecule has 0 radical (unpaired) electrons. The molecule has 2 aliphatic rings. The lowest BCUT2D eigenvalue weighted by atomic mass is 10.0. The van der Waals surface area contributed by atoms with Gasteiger partial charge in [-0.05, 0) is 61.7 Å². The van der Waals surface area contributed by atoms with Gasteiger partial charge in [0.1, 0.15) is 0 Å². The number of carbonyl (C=O) groups excluding carboxylic acids is 1. The van der Waals surface area contributed by atoms with Crippen LogP contribution in [0.5, 0.6) is 0 Å². The van der Waals surface area contributed by atoms with Gasteiger partial charge in [0.2, 0.25) is 10.0 Å². The first kappa shape index (κ1) is 20.2. The van der Waals surface area contributed by atoms with Gasteiger partial charge in [0, 0.05) is 36.9 Å². The molecule has 0 bridgehead atoms. The lowest BCUT2D eigenvalue weighted by Gasteiger charge is -2.34. The van der Waals surface area contributed by atoms with E-state index in [-0.39, 0.29) is 17.7 Å². The van der Waals surface area contributed by atoms with Crippen LogP contribution in [0.15, 0.2) is 48.5 Å². The lowest BCUT2D eigenvalue weighted by Crippen LogP contribution is -2.44. The number of benzene rings is 2. The highest BCUT2D eigenvalue weighted by atomic mass is 32.2. The number of nitrogens with zero attached hydrogens (tertiary/aromatic N) is 3. The molecule has 4 rings (SSSR count). The molecule has 1 N–H and O–H groups in total. The van der Waals surface area contributed by atoms with Gasteiger partial charge < -0.3 is 10.2 Å². The Morgan fingerprint density at radius 3 is 2.40 bits per heavy atom. The third kappa shape index (κ3) is 4.26. The number of sulfonamides is 1. The van der Waals surface area contributed by atoms with Gasteiger partial charge in [0.25, 0.3) is 5.91 Å². The average Bonchev–Trinajstić information content (AvgIpc) is 3.13. The molecule has 0 aromatic heterocycles. The van der Waals surface area contributed by atoms with E-state index < -0.39 is 10.0 Å². The Morgan fingerprint density at radius 1 is 1.03 bits per heavy atom. The predicted molar refractivity (Wildman–Crippen MR) is 116 cm³/mol. The van der Waals surface area contributed by atoms with Crippen LogP contribution in [0.2, 0.25) is 0 Å². The van der Waals surface area contributed by atoms with Crippen LogP contribution < -0.4 is 14.5 Å². The number of anilines is 2. The molecule has 2 aliphatic heterocycles. The van der Waals surface area contributed by atoms with Crippen LogP contribution in [0.3, 0.4) is 0 Å². The SMILES string of the molecule is N#Cc1ccc(N2CCC(NC(=O)c3cccc(N4CCCS4(=O)=O)c3)CC2)cc1. The van der Waals surface area contributed by atoms with Gasteiger partial charge in [0.15, 0.2) is 0 Å². The van der Waals surface area contributed by atoms with E-state index in [1.165, 1.54) is 4.31 Å². The Kier molecular flexibility index (Phi) is 5.64. The summed E-state index contributed by atoms with van der Waals surface area (Å²) in [7, 11) is -3.27. The maximum Gasteiger partial charge on any atom is 0.251 e. The molecule has 0 aliphatic carbocycles. The molecule has 2 aromatic rings. The van der Waals surface area contributed by atoms with Gasteiger partial charge in [0.05, 0.1) is 23.1 Å². The molecule has 0 unspecified atom stereocenters. The van der Waals surface area contributed by atoms with Crippen LogP contribution in [-0.2, 0) is 10.0 Å². The molecule has 8 heteroatoms. The fourth-order valence-corrected chi connectivity index (χ4v) is 5.59. The zero-order valence-electron chi connectivity index (χ0n) is 16.6. The third-order valence-electron chi connectivity index (χ3n) is 5.69. The van der Waals surface area contributed by atoms with E-state index in [9.17, 15) is 13.2 Å². The van der Waals surface area contributed by atoms with E-state index >= 15 is 0 Å². The third-order valence-corrected chi connectivity index (χ3v) is 7.56. The molecular formula is C22H24N4O3S. The Morgan fingerprint density at radius 2 is 1.77 bits per heavy atom. The quantitative estimate of drug-likeness (QED) is 0.814. The molecule has 2 saturated heterocycles. The van der Waals surface area contributed by atoms with E-state index in [1.54, 1.807) is 24.3 Å². The largest absolute Gasteiger partial charge is 0.371 e. The Balaban J connectivity index is 1.36. The molecule has 2 heterocycles. The topological polar surface area (TPSA) is 93.5 Å². The van der Waals surface area contributed by atoms with Crippen LogP contribution in [0, 0.1) is 11.3 Å². The zero-order valence-corrected chi connectivity index (χ0v) is 17.4. The standard InChI is InChI=1S/C22H24N4O3S/c23-16-17-5-7-20(8-6-17)25-12-9-19(10-13-25)24-22(27)18-3-1-4-21(15-18)26-11-2-14-30(26,28)29/h1,3-8,15,19H,2,9-14H2,(H,24,27). The molecular weight excluding hydrogens is 400 g/mol. The number of nitrogens with one attached hydrogen (secondary N) is 1. The summed E-state index contributed by atoms with van der Waals surface area (Å²) in [6.45, 7) is 2.10. The number of hydrogen-bond acceptors (Lipinski definition) is 5. The van der Waals surface area contributed by atoms with Crippen LogP contribution in [0.1, 0.15) is 35.2 Å². The minimum Gasteiger partial charge on any atom is -0.371 e. The number of carbonyl (C=O) groups is 1. The lowest BCUT2D eigenvalue weighted by molar-refractivity contribution is 0.0931. The molecule has 7 nitrogen and oxygen atoms in total. The second-order valence-corrected chi connectivity index (χ2v) is 9.70. The predicted octanol–water partition coefficient (Wildman–Crippen LogP) is 2.50. The first-order chi connectivity index (χ1) is 14.5. The van der Waals surface area contributed by atoms with Gasteiger partial charge in [-0.3, -0.25) is 9.10 Å². The van der Waals surface area contributed by atoms with E-state index in [1.807, 2.05) is 24.3 Å². The second kappa shape index (κ2) is 8.36. The molecule has 1 amide bonds. The summed E-state index contributed by atoms with van der Waals surface area (Å²) in [5.74, 6) is -0.0217. The van der Waals surface area contributed by atoms with Crippen molar-refractivity contribution in [1.29, 1.82) is 5.26 Å². The van der Waals surface area contributed by atoms with Gasteiger partial charge in [-0.2, -0.15) is 5.26 Å². The van der Waals surface area contributed by atoms with E-state index in [0.717, 1.165) is 31.6 Å². The Labute approximate surface area is 177 Å². The first-order valence-corrected chi connectivity index (χ1v) is 11.7. The summed E-state index contributed by atoms with van der Waals surface area (Å²) in [6, 6.07) is 16.6. The van der Waals surface area contributed by atoms with Gasteiger partial charge in [-0.1, -0.05) is 6.07 Å². The normalized spacial score (nSPS) is 18.8. The fraction of sp³-hybridized carbons (Fsp3) is 0.364. The van der Waals surface area contributed by atoms with Crippen molar-refractivity contribution in [2.45, 2.75) is 25.3 Å². The molecule has 156 valence electrons. The molecule has 0 saturated carbocycles. The van der Waals surface area contributed by atoms with Crippen molar-refractivity contribution in [3.63, 3.8) is 0 Å². The van der Waals surface area contributed by atoms with Gasteiger partial charge in [-0.15, -0.1) is 0 Å². The number of rotatable bonds is 4. The van der Waals surface area contributed by atoms with Crippen molar-refractivity contribution in [3.8, 4) is 6.07 Å². The number of nitriles is 1. The molecule has 30 heavy (non-hydrogen) atoms. The van der Waals surface area contributed by atoms with Gasteiger partial charge >= 0.3 is 0 Å². The van der Waals surface area contributed by atoms with Gasteiger partial charge in [-0.25, -0.2) is 8.42 Å². The smallest absolute Gasteiger partial charge is 0.251 e. The summed E-state index contributed by atoms with van der Waals surface area (Å²) < 4.78 is 25.7. The number of amides is 1. The van der Waals surface area contributed by atoms with Crippen molar-refractivity contribution < 1.29 is 13.2 Å². The van der Waals surface area contributed by atoms with E-state index in [0.29, 0.717) is 29.8 Å². The minimum atomic E-state index is -3.27. The summed E-state index contributed by atoms with van der Waals surface area (Å²) in [4.78, 5) is 15.0. The maximum absolute atomic E-state index is 12.7. The Hall–Kier alpha value is -3.05. The van der Waals surface area contributed by atoms with E-state index in [4.69, 9.17) is 5.26 Å². The van der Waals surface area contributed by atoms with Crippen LogP contribution in [0.4, 0.5) is 11.4 Å². The van der Waals surface area contributed by atoms with Crippen molar-refractivity contribution in [1.82, 2.24) is 5.32 Å². The highest BCUT2D eigenvalue weighted by molar-refractivity contribution is 7.93. The summed E-state index contributed by atoms with van der Waals surface area (Å²) in [5.41, 5.74) is 2.75. The average molecular weight is 425 g/mol. The van der Waals surface area contributed by atoms with Crippen molar-refractivity contribution >= 4 is 27.3 Å². The first-order valence-electron chi connectivity index (χ1n) is 10.1. The highest BCUT2D eigenvalue weighted by Crippen LogP contribution is 2.25. The minimum absolute atomic E-state index is 0.0753. The highest BCUT2D eigenvalue weighted by Gasteiger charge is 2.29. The van der Waals surface area contributed by atoms with Crippen molar-refractivity contribution in [2.75, 3.05) is 34.6 Å². The summed E-state index contributed by atoms with van der Waals surface area (Å²) in [6.07, 6.45) is 2.26. The van der Waals surface area contributed by atoms with Crippen LogP contribution in [0.25, 0.3) is 0 Å². The zero-order chi connectivity index (χ0) is 21.1. The fourth-order valence-electron chi connectivity index (χ4n) is 4.03. The molecule has 2 aromatic carbocycles. The Bertz CT molecular complexity index is 1070. The van der Waals surface area contributed by atoms with Crippen LogP contribution in [-0.4, -0.2) is 45.8 Å². The molecule has 0 atom stereocenters. The number of piperidine rings is 1. The summed E-state index contributed by atoms with van der Waals surface area (Å²) in [5, 5.41) is 12.0. The van der Waals surface area contributed by atoms with Crippen molar-refractivity contribution in [2.24, 2.45) is 0 Å². The maximum atomic E-state index is 12.7. The van der Waals surface area contributed by atoms with Crippen LogP contribution >= 0.6 is 0 Å². The molecule has 0 spiro atoms.